The van der Waals surface area contributed by atoms with Gasteiger partial charge in [0, 0.05) is 19.8 Å². The molecule has 0 aromatic heterocycles. The van der Waals surface area contributed by atoms with Crippen LogP contribution in [0.5, 0.6) is 5.75 Å². The van der Waals surface area contributed by atoms with Gasteiger partial charge in [-0.2, -0.15) is 0 Å². The number of aryl methyl sites for hydroxylation is 1. The first-order chi connectivity index (χ1) is 16.6. The number of carbonyl (C=O) groups is 1. The van der Waals surface area contributed by atoms with E-state index in [0.29, 0.717) is 43.7 Å². The first kappa shape index (κ1) is 25.5. The van der Waals surface area contributed by atoms with Crippen LogP contribution in [0.15, 0.2) is 41.3 Å². The molecule has 0 atom stereocenters. The first-order valence-electron chi connectivity index (χ1n) is 12.2. The molecule has 0 N–H and O–H groups in total. The molecule has 4 rings (SSSR count). The van der Waals surface area contributed by atoms with Gasteiger partial charge in [0.15, 0.2) is 0 Å². The lowest BCUT2D eigenvalue weighted by molar-refractivity contribution is 0.0483. The van der Waals surface area contributed by atoms with Crippen molar-refractivity contribution in [3.63, 3.8) is 0 Å². The lowest BCUT2D eigenvalue weighted by atomic mass is 9.81. The Hall–Kier alpha value is -2.58. The standard InChI is InChI=1S/C27H35NO6S/c1-5-19-6-8-24-21(14-19)16-27(2,3)18-28(24)35(30,31)22-7-9-25(23(15-22)26(29)32-4)34-17-20-10-12-33-13-11-20/h6-9,14-15,20H,5,10-13,16-18H2,1-4H3. The molecule has 1 saturated heterocycles. The first-order valence-corrected chi connectivity index (χ1v) is 13.7. The summed E-state index contributed by atoms with van der Waals surface area (Å²) in [5.41, 5.74) is 2.77. The summed E-state index contributed by atoms with van der Waals surface area (Å²) in [6, 6.07) is 10.4. The minimum Gasteiger partial charge on any atom is -0.492 e. The van der Waals surface area contributed by atoms with E-state index in [1.54, 1.807) is 6.07 Å². The van der Waals surface area contributed by atoms with Gasteiger partial charge in [-0.15, -0.1) is 0 Å². The highest BCUT2D eigenvalue weighted by atomic mass is 32.2. The minimum absolute atomic E-state index is 0.0412. The molecule has 2 aromatic carbocycles. The molecular formula is C27H35NO6S. The fourth-order valence-electron chi connectivity index (χ4n) is 4.82. The number of methoxy groups -OCH3 is 1. The monoisotopic (exact) mass is 501 g/mol. The van der Waals surface area contributed by atoms with Crippen molar-refractivity contribution in [1.29, 1.82) is 0 Å². The molecule has 2 aromatic rings. The predicted molar refractivity (Wildman–Crippen MR) is 135 cm³/mol. The highest BCUT2D eigenvalue weighted by Gasteiger charge is 2.37. The zero-order valence-electron chi connectivity index (χ0n) is 21.0. The van der Waals surface area contributed by atoms with Crippen LogP contribution >= 0.6 is 0 Å². The molecule has 2 aliphatic rings. The van der Waals surface area contributed by atoms with Gasteiger partial charge in [-0.1, -0.05) is 32.9 Å². The Balaban J connectivity index is 1.68. The largest absolute Gasteiger partial charge is 0.492 e. The number of ether oxygens (including phenoxy) is 3. The second-order valence-corrected chi connectivity index (χ2v) is 12.0. The van der Waals surface area contributed by atoms with Crippen molar-refractivity contribution < 1.29 is 27.4 Å². The van der Waals surface area contributed by atoms with Gasteiger partial charge in [0.05, 0.1) is 24.3 Å². The SMILES string of the molecule is CCc1ccc2c(c1)CC(C)(C)CN2S(=O)(=O)c1ccc(OCC2CCOCC2)c(C(=O)OC)c1. The topological polar surface area (TPSA) is 82.1 Å². The number of hydrogen-bond donors (Lipinski definition) is 0. The smallest absolute Gasteiger partial charge is 0.341 e. The molecule has 190 valence electrons. The molecule has 2 heterocycles. The third-order valence-electron chi connectivity index (χ3n) is 6.82. The second-order valence-electron chi connectivity index (χ2n) is 10.2. The maximum Gasteiger partial charge on any atom is 0.341 e. The molecule has 0 unspecified atom stereocenters. The van der Waals surface area contributed by atoms with Crippen molar-refractivity contribution in [3.8, 4) is 5.75 Å². The third kappa shape index (κ3) is 5.48. The lowest BCUT2D eigenvalue weighted by Gasteiger charge is -2.40. The van der Waals surface area contributed by atoms with Gasteiger partial charge < -0.3 is 14.2 Å². The third-order valence-corrected chi connectivity index (χ3v) is 8.58. The van der Waals surface area contributed by atoms with Crippen molar-refractivity contribution in [2.75, 3.05) is 37.8 Å². The Labute approximate surface area is 208 Å². The van der Waals surface area contributed by atoms with Gasteiger partial charge in [0.1, 0.15) is 11.3 Å². The van der Waals surface area contributed by atoms with Crippen LogP contribution in [0.4, 0.5) is 5.69 Å². The molecule has 0 spiro atoms. The molecule has 0 bridgehead atoms. The summed E-state index contributed by atoms with van der Waals surface area (Å²) in [5, 5.41) is 0. The van der Waals surface area contributed by atoms with Crippen molar-refractivity contribution in [2.24, 2.45) is 11.3 Å². The molecular weight excluding hydrogens is 466 g/mol. The van der Waals surface area contributed by atoms with Gasteiger partial charge in [-0.3, -0.25) is 4.31 Å². The van der Waals surface area contributed by atoms with Crippen LogP contribution in [0.3, 0.4) is 0 Å². The number of carbonyl (C=O) groups excluding carboxylic acids is 1. The predicted octanol–water partition coefficient (Wildman–Crippen LogP) is 4.62. The molecule has 2 aliphatic heterocycles. The van der Waals surface area contributed by atoms with Gasteiger partial charge in [-0.25, -0.2) is 13.2 Å². The fraction of sp³-hybridized carbons (Fsp3) is 0.519. The highest BCUT2D eigenvalue weighted by Crippen LogP contribution is 2.40. The summed E-state index contributed by atoms with van der Waals surface area (Å²) < 4.78 is 45.6. The van der Waals surface area contributed by atoms with Crippen LogP contribution in [0.1, 0.15) is 55.1 Å². The molecule has 0 amide bonds. The average molecular weight is 502 g/mol. The molecule has 0 saturated carbocycles. The summed E-state index contributed by atoms with van der Waals surface area (Å²) in [6.07, 6.45) is 3.47. The van der Waals surface area contributed by atoms with E-state index >= 15 is 0 Å². The quantitative estimate of drug-likeness (QED) is 0.515. The van der Waals surface area contributed by atoms with Crippen LogP contribution in [0.25, 0.3) is 0 Å². The van der Waals surface area contributed by atoms with Gasteiger partial charge >= 0.3 is 5.97 Å². The molecule has 7 nitrogen and oxygen atoms in total. The Kier molecular flexibility index (Phi) is 7.43. The zero-order valence-corrected chi connectivity index (χ0v) is 21.8. The number of hydrogen-bond acceptors (Lipinski definition) is 6. The molecule has 0 radical (unpaired) electrons. The minimum atomic E-state index is -3.93. The van der Waals surface area contributed by atoms with E-state index in [0.717, 1.165) is 31.2 Å². The number of anilines is 1. The number of nitrogens with zero attached hydrogens (tertiary/aromatic N) is 1. The van der Waals surface area contributed by atoms with Gasteiger partial charge in [-0.05, 0) is 72.4 Å². The highest BCUT2D eigenvalue weighted by molar-refractivity contribution is 7.92. The summed E-state index contributed by atoms with van der Waals surface area (Å²) in [5.74, 6) is 0.0305. The number of rotatable bonds is 7. The molecule has 35 heavy (non-hydrogen) atoms. The summed E-state index contributed by atoms with van der Waals surface area (Å²) >= 11 is 0. The van der Waals surface area contributed by atoms with Gasteiger partial charge in [0.25, 0.3) is 10.0 Å². The van der Waals surface area contributed by atoms with E-state index in [9.17, 15) is 13.2 Å². The van der Waals surface area contributed by atoms with E-state index in [1.807, 2.05) is 12.1 Å². The van der Waals surface area contributed by atoms with Crippen molar-refractivity contribution in [1.82, 2.24) is 0 Å². The van der Waals surface area contributed by atoms with Gasteiger partial charge in [0.2, 0.25) is 0 Å². The number of benzene rings is 2. The Bertz CT molecular complexity index is 1180. The lowest BCUT2D eigenvalue weighted by Crippen LogP contribution is -2.44. The van der Waals surface area contributed by atoms with Crippen LogP contribution in [-0.4, -0.2) is 47.9 Å². The average Bonchev–Trinajstić information content (AvgIpc) is 2.86. The summed E-state index contributed by atoms with van der Waals surface area (Å²) in [4.78, 5) is 12.6. The van der Waals surface area contributed by atoms with Crippen LogP contribution in [0, 0.1) is 11.3 Å². The summed E-state index contributed by atoms with van der Waals surface area (Å²) in [7, 11) is -2.65. The molecule has 0 aliphatic carbocycles. The van der Waals surface area contributed by atoms with E-state index < -0.39 is 16.0 Å². The molecule has 1 fully saturated rings. The van der Waals surface area contributed by atoms with Crippen LogP contribution in [0.2, 0.25) is 0 Å². The Morgan fingerprint density at radius 3 is 2.57 bits per heavy atom. The maximum absolute atomic E-state index is 13.9. The normalized spacial score (nSPS) is 18.1. The Morgan fingerprint density at radius 1 is 1.14 bits per heavy atom. The van der Waals surface area contributed by atoms with E-state index in [2.05, 4.69) is 26.8 Å². The zero-order chi connectivity index (χ0) is 25.2. The number of fused-ring (bicyclic) bond motifs is 1. The number of sulfonamides is 1. The van der Waals surface area contributed by atoms with Crippen molar-refractivity contribution in [3.05, 3.63) is 53.1 Å². The van der Waals surface area contributed by atoms with E-state index in [4.69, 9.17) is 14.2 Å². The van der Waals surface area contributed by atoms with Crippen LogP contribution < -0.4 is 9.04 Å². The summed E-state index contributed by atoms with van der Waals surface area (Å²) in [6.45, 7) is 8.42. The number of esters is 1. The van der Waals surface area contributed by atoms with E-state index in [1.165, 1.54) is 29.1 Å². The molecule has 8 heteroatoms. The second kappa shape index (κ2) is 10.2. The maximum atomic E-state index is 13.9. The van der Waals surface area contributed by atoms with Crippen LogP contribution in [-0.2, 0) is 32.3 Å². The van der Waals surface area contributed by atoms with Crippen molar-refractivity contribution >= 4 is 21.7 Å². The van der Waals surface area contributed by atoms with Crippen molar-refractivity contribution in [2.45, 2.75) is 51.3 Å². The Morgan fingerprint density at radius 2 is 1.89 bits per heavy atom. The van der Waals surface area contributed by atoms with E-state index in [-0.39, 0.29) is 15.9 Å². The fourth-order valence-corrected chi connectivity index (χ4v) is 6.53.